The van der Waals surface area contributed by atoms with Crippen molar-refractivity contribution in [1.82, 2.24) is 4.98 Å². The molecule has 0 spiro atoms. The lowest BCUT2D eigenvalue weighted by Gasteiger charge is -2.07. The van der Waals surface area contributed by atoms with Gasteiger partial charge in [0.2, 0.25) is 0 Å². The standard InChI is InChI=1S/C23H19ClN2O2S/c1-16-9-17(2)11-22(10-16)29(3,28)26-23(27)20-12-19(14-25-15-20)8-7-18-5-4-6-21(24)13-18/h4-6,9-15H,1-3H3. The fourth-order valence-corrected chi connectivity index (χ4v) is 4.28. The molecule has 0 aliphatic heterocycles. The average molecular weight is 423 g/mol. The smallest absolute Gasteiger partial charge is 0.266 e. The number of amides is 1. The van der Waals surface area contributed by atoms with Crippen molar-refractivity contribution >= 4 is 27.2 Å². The minimum Gasteiger partial charge on any atom is -0.266 e. The van der Waals surface area contributed by atoms with Crippen molar-refractivity contribution in [2.24, 2.45) is 4.36 Å². The number of pyridine rings is 1. The Morgan fingerprint density at radius 2 is 1.69 bits per heavy atom. The third-order valence-electron chi connectivity index (χ3n) is 4.05. The first-order chi connectivity index (χ1) is 13.7. The Bertz CT molecular complexity index is 1260. The van der Waals surface area contributed by atoms with Gasteiger partial charge in [-0.25, -0.2) is 4.21 Å². The van der Waals surface area contributed by atoms with Crippen LogP contribution in [0.1, 0.15) is 32.6 Å². The Morgan fingerprint density at radius 1 is 1.00 bits per heavy atom. The maximum atomic E-state index is 13.1. The second-order valence-corrected chi connectivity index (χ2v) is 9.44. The van der Waals surface area contributed by atoms with Crippen molar-refractivity contribution < 1.29 is 9.00 Å². The molecule has 1 heterocycles. The van der Waals surface area contributed by atoms with Crippen LogP contribution in [0.3, 0.4) is 0 Å². The molecular weight excluding hydrogens is 404 g/mol. The van der Waals surface area contributed by atoms with E-state index in [1.807, 2.05) is 32.0 Å². The van der Waals surface area contributed by atoms with E-state index in [2.05, 4.69) is 21.2 Å². The summed E-state index contributed by atoms with van der Waals surface area (Å²) in [4.78, 5) is 17.2. The van der Waals surface area contributed by atoms with E-state index in [1.54, 1.807) is 36.5 Å². The fraction of sp³-hybridized carbons (Fsp3) is 0.130. The van der Waals surface area contributed by atoms with Crippen LogP contribution in [0.2, 0.25) is 5.02 Å². The summed E-state index contributed by atoms with van der Waals surface area (Å²) in [6.45, 7) is 3.83. The van der Waals surface area contributed by atoms with Gasteiger partial charge >= 0.3 is 0 Å². The van der Waals surface area contributed by atoms with Gasteiger partial charge in [0.1, 0.15) is 0 Å². The summed E-state index contributed by atoms with van der Waals surface area (Å²) in [6, 6.07) is 14.3. The molecule has 1 aromatic heterocycles. The minimum atomic E-state index is -2.88. The van der Waals surface area contributed by atoms with Crippen LogP contribution < -0.4 is 0 Å². The molecule has 6 heteroatoms. The predicted molar refractivity (Wildman–Crippen MR) is 117 cm³/mol. The Morgan fingerprint density at radius 3 is 2.38 bits per heavy atom. The highest BCUT2D eigenvalue weighted by atomic mass is 35.5. The van der Waals surface area contributed by atoms with Crippen LogP contribution in [-0.2, 0) is 9.73 Å². The molecule has 146 valence electrons. The lowest BCUT2D eigenvalue weighted by molar-refractivity contribution is 0.100. The van der Waals surface area contributed by atoms with Crippen LogP contribution in [0.25, 0.3) is 0 Å². The molecule has 0 N–H and O–H groups in total. The van der Waals surface area contributed by atoms with Gasteiger partial charge in [0, 0.05) is 39.7 Å². The third-order valence-corrected chi connectivity index (χ3v) is 5.91. The molecule has 3 rings (SSSR count). The van der Waals surface area contributed by atoms with Gasteiger partial charge in [0.15, 0.2) is 0 Å². The topological polar surface area (TPSA) is 59.4 Å². The number of halogens is 1. The summed E-state index contributed by atoms with van der Waals surface area (Å²) < 4.78 is 17.0. The minimum absolute atomic E-state index is 0.238. The number of nitrogens with zero attached hydrogens (tertiary/aromatic N) is 2. The highest BCUT2D eigenvalue weighted by Crippen LogP contribution is 2.17. The number of hydrogen-bond acceptors (Lipinski definition) is 3. The molecule has 3 aromatic rings. The number of carbonyl (C=O) groups is 1. The molecule has 0 saturated carbocycles. The van der Waals surface area contributed by atoms with Crippen LogP contribution in [0.5, 0.6) is 0 Å². The van der Waals surface area contributed by atoms with E-state index in [0.29, 0.717) is 15.5 Å². The Hall–Kier alpha value is -2.94. The van der Waals surface area contributed by atoms with Gasteiger partial charge in [-0.3, -0.25) is 9.78 Å². The van der Waals surface area contributed by atoms with Gasteiger partial charge in [-0.1, -0.05) is 35.6 Å². The predicted octanol–water partition coefficient (Wildman–Crippen LogP) is 5.05. The largest absolute Gasteiger partial charge is 0.286 e. The van der Waals surface area contributed by atoms with Gasteiger partial charge in [-0.2, -0.15) is 4.36 Å². The normalized spacial score (nSPS) is 12.4. The molecule has 0 fully saturated rings. The van der Waals surface area contributed by atoms with Crippen molar-refractivity contribution in [2.45, 2.75) is 18.7 Å². The molecule has 29 heavy (non-hydrogen) atoms. The second kappa shape index (κ2) is 8.60. The zero-order valence-corrected chi connectivity index (χ0v) is 17.8. The van der Waals surface area contributed by atoms with Crippen LogP contribution in [0.4, 0.5) is 0 Å². The van der Waals surface area contributed by atoms with E-state index in [1.165, 1.54) is 12.5 Å². The molecule has 0 bridgehead atoms. The highest BCUT2D eigenvalue weighted by Gasteiger charge is 2.13. The van der Waals surface area contributed by atoms with E-state index >= 15 is 0 Å². The Labute approximate surface area is 176 Å². The molecular formula is C23H19ClN2O2S. The SMILES string of the molecule is Cc1cc(C)cc(S(C)(=O)=NC(=O)c2cncc(C#Cc3cccc(Cl)c3)c2)c1. The maximum absolute atomic E-state index is 13.1. The number of aromatic nitrogens is 1. The molecule has 0 saturated heterocycles. The van der Waals surface area contributed by atoms with Crippen molar-refractivity contribution in [2.75, 3.05) is 6.26 Å². The van der Waals surface area contributed by atoms with E-state index in [0.717, 1.165) is 16.7 Å². The number of aryl methyl sites for hydroxylation is 2. The van der Waals surface area contributed by atoms with Crippen LogP contribution in [0, 0.1) is 25.7 Å². The first kappa shape index (κ1) is 20.8. The summed E-state index contributed by atoms with van der Waals surface area (Å²) in [5.74, 6) is 5.35. The summed E-state index contributed by atoms with van der Waals surface area (Å²) >= 11 is 5.96. The number of carbonyl (C=O) groups excluding carboxylic acids is 1. The molecule has 1 amide bonds. The lowest BCUT2D eigenvalue weighted by Crippen LogP contribution is -2.05. The quantitative estimate of drug-likeness (QED) is 0.543. The average Bonchev–Trinajstić information content (AvgIpc) is 2.65. The zero-order valence-electron chi connectivity index (χ0n) is 16.3. The van der Waals surface area contributed by atoms with Crippen molar-refractivity contribution in [3.8, 4) is 11.8 Å². The van der Waals surface area contributed by atoms with E-state index < -0.39 is 15.6 Å². The van der Waals surface area contributed by atoms with Crippen molar-refractivity contribution in [3.63, 3.8) is 0 Å². The third kappa shape index (κ3) is 5.54. The molecule has 1 unspecified atom stereocenters. The number of rotatable bonds is 2. The Balaban J connectivity index is 1.91. The molecule has 4 nitrogen and oxygen atoms in total. The van der Waals surface area contributed by atoms with E-state index in [-0.39, 0.29) is 5.56 Å². The van der Waals surface area contributed by atoms with Gasteiger partial charge in [-0.05, 0) is 61.4 Å². The van der Waals surface area contributed by atoms with Crippen LogP contribution >= 0.6 is 11.6 Å². The maximum Gasteiger partial charge on any atom is 0.286 e. The van der Waals surface area contributed by atoms with Gasteiger partial charge in [0.05, 0.1) is 15.3 Å². The molecule has 0 aliphatic carbocycles. The van der Waals surface area contributed by atoms with Crippen LogP contribution in [0.15, 0.2) is 70.2 Å². The number of benzene rings is 2. The monoisotopic (exact) mass is 422 g/mol. The molecule has 1 atom stereocenters. The van der Waals surface area contributed by atoms with Gasteiger partial charge < -0.3 is 0 Å². The van der Waals surface area contributed by atoms with Gasteiger partial charge in [0.25, 0.3) is 5.91 Å². The summed E-state index contributed by atoms with van der Waals surface area (Å²) in [7, 11) is -2.88. The molecule has 2 aromatic carbocycles. The van der Waals surface area contributed by atoms with E-state index in [9.17, 15) is 9.00 Å². The second-order valence-electron chi connectivity index (χ2n) is 6.75. The molecule has 0 radical (unpaired) electrons. The lowest BCUT2D eigenvalue weighted by atomic mass is 10.1. The highest BCUT2D eigenvalue weighted by molar-refractivity contribution is 7.93. The van der Waals surface area contributed by atoms with Crippen LogP contribution in [-0.4, -0.2) is 21.4 Å². The summed E-state index contributed by atoms with van der Waals surface area (Å²) in [6.07, 6.45) is 4.42. The fourth-order valence-electron chi connectivity index (χ4n) is 2.75. The van der Waals surface area contributed by atoms with Crippen molar-refractivity contribution in [1.29, 1.82) is 0 Å². The number of hydrogen-bond donors (Lipinski definition) is 0. The van der Waals surface area contributed by atoms with Gasteiger partial charge in [-0.15, -0.1) is 0 Å². The van der Waals surface area contributed by atoms with E-state index in [4.69, 9.17) is 11.6 Å². The summed E-state index contributed by atoms with van der Waals surface area (Å²) in [5, 5.41) is 0.599. The summed E-state index contributed by atoms with van der Waals surface area (Å²) in [5.41, 5.74) is 3.49. The zero-order chi connectivity index (χ0) is 21.0. The molecule has 0 aliphatic rings. The first-order valence-corrected chi connectivity index (χ1v) is 11.1. The first-order valence-electron chi connectivity index (χ1n) is 8.80. The van der Waals surface area contributed by atoms with Crippen molar-refractivity contribution in [3.05, 3.63) is 93.8 Å². The Kier molecular flexibility index (Phi) is 6.17.